The maximum absolute atomic E-state index is 11.4. The lowest BCUT2D eigenvalue weighted by Gasteiger charge is -2.19. The highest BCUT2D eigenvalue weighted by Gasteiger charge is 2.15. The molecule has 0 aromatic carbocycles. The van der Waals surface area contributed by atoms with E-state index in [1.54, 1.807) is 6.20 Å². The minimum absolute atomic E-state index is 0.380. The highest BCUT2D eigenvalue weighted by Crippen LogP contribution is 2.16. The predicted octanol–water partition coefficient (Wildman–Crippen LogP) is 3.48. The van der Waals surface area contributed by atoms with E-state index in [2.05, 4.69) is 31.5 Å². The molecule has 0 aliphatic rings. The summed E-state index contributed by atoms with van der Waals surface area (Å²) in [5.41, 5.74) is 0.677. The van der Waals surface area contributed by atoms with Crippen LogP contribution in [0.2, 0.25) is 0 Å². The average Bonchev–Trinajstić information content (AvgIpc) is 2.31. The van der Waals surface area contributed by atoms with Crippen molar-refractivity contribution in [3.63, 3.8) is 0 Å². The number of nitrogens with zero attached hydrogens (tertiary/aromatic N) is 1. The molecule has 0 radical (unpaired) electrons. The number of carbonyl (C=O) groups is 1. The molecule has 1 aromatic rings. The Morgan fingerprint density at radius 2 is 2.10 bits per heavy atom. The number of aromatic nitrogens is 1. The number of hydrogen-bond acceptors (Lipinski definition) is 4. The third kappa shape index (κ3) is 6.75. The minimum Gasteiger partial charge on any atom is -0.444 e. The van der Waals surface area contributed by atoms with Gasteiger partial charge in [-0.05, 0) is 61.7 Å². The second kappa shape index (κ2) is 7.47. The molecule has 0 fully saturated rings. The Morgan fingerprint density at radius 1 is 1.40 bits per heavy atom. The van der Waals surface area contributed by atoms with Crippen LogP contribution >= 0.6 is 15.9 Å². The molecule has 0 spiro atoms. The van der Waals surface area contributed by atoms with E-state index in [1.165, 1.54) is 0 Å². The fourth-order valence-corrected chi connectivity index (χ4v) is 1.66. The molecule has 0 aliphatic carbocycles. The van der Waals surface area contributed by atoms with Crippen molar-refractivity contribution in [2.24, 2.45) is 0 Å². The summed E-state index contributed by atoms with van der Waals surface area (Å²) in [4.78, 5) is 15.7. The van der Waals surface area contributed by atoms with Crippen molar-refractivity contribution in [1.82, 2.24) is 10.3 Å². The third-order valence-electron chi connectivity index (χ3n) is 2.37. The van der Waals surface area contributed by atoms with Gasteiger partial charge in [-0.15, -0.1) is 0 Å². The lowest BCUT2D eigenvalue weighted by molar-refractivity contribution is 0.0528. The highest BCUT2D eigenvalue weighted by atomic mass is 79.9. The first-order valence-electron chi connectivity index (χ1n) is 6.61. The van der Waals surface area contributed by atoms with E-state index in [-0.39, 0.29) is 6.09 Å². The van der Waals surface area contributed by atoms with Gasteiger partial charge in [0, 0.05) is 23.8 Å². The average molecular weight is 344 g/mol. The van der Waals surface area contributed by atoms with Gasteiger partial charge in [-0.2, -0.15) is 0 Å². The standard InChI is InChI=1S/C14H22BrN3O2/c1-10-8-12(18-9-11(10)15)16-6-5-7-17-13(19)20-14(2,3)4/h8-9H,5-7H2,1-4H3,(H,16,18)(H,17,19). The van der Waals surface area contributed by atoms with Crippen LogP contribution in [-0.4, -0.2) is 29.8 Å². The molecule has 6 heteroatoms. The topological polar surface area (TPSA) is 63.2 Å². The van der Waals surface area contributed by atoms with Crippen molar-refractivity contribution in [3.8, 4) is 0 Å². The predicted molar refractivity (Wildman–Crippen MR) is 84.0 cm³/mol. The first kappa shape index (κ1) is 16.8. The molecule has 0 saturated heterocycles. The van der Waals surface area contributed by atoms with E-state index >= 15 is 0 Å². The molecule has 1 amide bonds. The summed E-state index contributed by atoms with van der Waals surface area (Å²) in [5.74, 6) is 0.836. The number of alkyl carbamates (subject to hydrolysis) is 1. The SMILES string of the molecule is Cc1cc(NCCCNC(=O)OC(C)(C)C)ncc1Br. The van der Waals surface area contributed by atoms with Gasteiger partial charge in [0.1, 0.15) is 11.4 Å². The van der Waals surface area contributed by atoms with Gasteiger partial charge in [0.15, 0.2) is 0 Å². The number of carbonyl (C=O) groups excluding carboxylic acids is 1. The summed E-state index contributed by atoms with van der Waals surface area (Å²) in [6.07, 6.45) is 2.20. The monoisotopic (exact) mass is 343 g/mol. The minimum atomic E-state index is -0.457. The highest BCUT2D eigenvalue weighted by molar-refractivity contribution is 9.10. The molecule has 0 aliphatic heterocycles. The van der Waals surface area contributed by atoms with Crippen LogP contribution < -0.4 is 10.6 Å². The van der Waals surface area contributed by atoms with Crippen molar-refractivity contribution >= 4 is 27.8 Å². The van der Waals surface area contributed by atoms with Gasteiger partial charge in [0.25, 0.3) is 0 Å². The summed E-state index contributed by atoms with van der Waals surface area (Å²) in [7, 11) is 0. The molecule has 2 N–H and O–H groups in total. The number of rotatable bonds is 5. The maximum atomic E-state index is 11.4. The maximum Gasteiger partial charge on any atom is 0.407 e. The van der Waals surface area contributed by atoms with Crippen LogP contribution in [0.5, 0.6) is 0 Å². The van der Waals surface area contributed by atoms with Gasteiger partial charge in [0.2, 0.25) is 0 Å². The third-order valence-corrected chi connectivity index (χ3v) is 3.20. The summed E-state index contributed by atoms with van der Waals surface area (Å²) >= 11 is 3.41. The summed E-state index contributed by atoms with van der Waals surface area (Å²) < 4.78 is 6.14. The molecule has 0 bridgehead atoms. The second-order valence-corrected chi connectivity index (χ2v) is 6.38. The Labute approximate surface area is 128 Å². The zero-order valence-corrected chi connectivity index (χ0v) is 14.0. The van der Waals surface area contributed by atoms with Gasteiger partial charge in [-0.3, -0.25) is 0 Å². The second-order valence-electron chi connectivity index (χ2n) is 5.53. The molecule has 0 saturated carbocycles. The number of amides is 1. The van der Waals surface area contributed by atoms with Gasteiger partial charge >= 0.3 is 6.09 Å². The van der Waals surface area contributed by atoms with Crippen LogP contribution in [0.15, 0.2) is 16.7 Å². The van der Waals surface area contributed by atoms with Crippen LogP contribution in [-0.2, 0) is 4.74 Å². The van der Waals surface area contributed by atoms with Gasteiger partial charge < -0.3 is 15.4 Å². The van der Waals surface area contributed by atoms with E-state index in [0.717, 1.165) is 28.8 Å². The molecular weight excluding hydrogens is 322 g/mol. The number of anilines is 1. The molecular formula is C14H22BrN3O2. The first-order chi connectivity index (χ1) is 9.28. The summed E-state index contributed by atoms with van der Waals surface area (Å²) in [6.45, 7) is 8.85. The number of aryl methyl sites for hydroxylation is 1. The molecule has 112 valence electrons. The Balaban J connectivity index is 2.19. The van der Waals surface area contributed by atoms with E-state index in [0.29, 0.717) is 6.54 Å². The number of hydrogen-bond donors (Lipinski definition) is 2. The smallest absolute Gasteiger partial charge is 0.407 e. The van der Waals surface area contributed by atoms with Crippen molar-refractivity contribution in [2.75, 3.05) is 18.4 Å². The normalized spacial score (nSPS) is 11.1. The van der Waals surface area contributed by atoms with E-state index in [9.17, 15) is 4.79 Å². The molecule has 1 aromatic heterocycles. The molecule has 20 heavy (non-hydrogen) atoms. The Bertz CT molecular complexity index is 458. The van der Waals surface area contributed by atoms with Crippen molar-refractivity contribution < 1.29 is 9.53 Å². The summed E-state index contributed by atoms with van der Waals surface area (Å²) in [5, 5.41) is 5.93. The van der Waals surface area contributed by atoms with Crippen LogP contribution in [0.25, 0.3) is 0 Å². The molecule has 5 nitrogen and oxygen atoms in total. The molecule has 0 atom stereocenters. The molecule has 1 heterocycles. The van der Waals surface area contributed by atoms with Crippen LogP contribution in [0.4, 0.5) is 10.6 Å². The largest absolute Gasteiger partial charge is 0.444 e. The Kier molecular flexibility index (Phi) is 6.26. The van der Waals surface area contributed by atoms with Gasteiger partial charge in [-0.25, -0.2) is 9.78 Å². The van der Waals surface area contributed by atoms with Gasteiger partial charge in [0.05, 0.1) is 0 Å². The Morgan fingerprint density at radius 3 is 2.70 bits per heavy atom. The van der Waals surface area contributed by atoms with Gasteiger partial charge in [-0.1, -0.05) is 0 Å². The number of halogens is 1. The van der Waals surface area contributed by atoms with E-state index in [4.69, 9.17) is 4.74 Å². The lowest BCUT2D eigenvalue weighted by Crippen LogP contribution is -2.33. The van der Waals surface area contributed by atoms with Crippen molar-refractivity contribution in [3.05, 3.63) is 22.3 Å². The fourth-order valence-electron chi connectivity index (χ4n) is 1.45. The van der Waals surface area contributed by atoms with Crippen molar-refractivity contribution in [1.29, 1.82) is 0 Å². The number of pyridine rings is 1. The lowest BCUT2D eigenvalue weighted by atomic mass is 10.2. The zero-order valence-electron chi connectivity index (χ0n) is 12.4. The molecule has 0 unspecified atom stereocenters. The summed E-state index contributed by atoms with van der Waals surface area (Å²) in [6, 6.07) is 1.98. The molecule has 1 rings (SSSR count). The van der Waals surface area contributed by atoms with Crippen LogP contribution in [0.1, 0.15) is 32.8 Å². The van der Waals surface area contributed by atoms with E-state index in [1.807, 2.05) is 33.8 Å². The Hall–Kier alpha value is -1.30. The van der Waals surface area contributed by atoms with E-state index < -0.39 is 5.60 Å². The number of nitrogens with one attached hydrogen (secondary N) is 2. The zero-order chi connectivity index (χ0) is 15.2. The number of ether oxygens (including phenoxy) is 1. The van der Waals surface area contributed by atoms with Crippen molar-refractivity contribution in [2.45, 2.75) is 39.7 Å². The fraction of sp³-hybridized carbons (Fsp3) is 0.571. The first-order valence-corrected chi connectivity index (χ1v) is 7.40. The van der Waals surface area contributed by atoms with Crippen LogP contribution in [0.3, 0.4) is 0 Å². The quantitative estimate of drug-likeness (QED) is 0.803. The van der Waals surface area contributed by atoms with Crippen LogP contribution in [0, 0.1) is 6.92 Å².